The number of anilines is 1. The van der Waals surface area contributed by atoms with Crippen LogP contribution in [0.2, 0.25) is 0 Å². The Kier molecular flexibility index (Phi) is 3.09. The van der Waals surface area contributed by atoms with Crippen molar-refractivity contribution in [2.75, 3.05) is 31.1 Å². The smallest absolute Gasteiger partial charge is 0.191 e. The molecule has 0 atom stereocenters. The van der Waals surface area contributed by atoms with Crippen molar-refractivity contribution in [1.82, 2.24) is 4.90 Å². The molecule has 0 radical (unpaired) electrons. The SMILES string of the molecule is CCN1C(N)=NCC12CCN(c1ccccc1)CC2. The summed E-state index contributed by atoms with van der Waals surface area (Å²) in [5.41, 5.74) is 7.51. The molecule has 19 heavy (non-hydrogen) atoms. The van der Waals surface area contributed by atoms with Gasteiger partial charge in [0.1, 0.15) is 0 Å². The Hall–Kier alpha value is -1.71. The molecule has 0 bridgehead atoms. The minimum Gasteiger partial charge on any atom is -0.371 e. The minimum atomic E-state index is 0.185. The van der Waals surface area contributed by atoms with Gasteiger partial charge in [0.05, 0.1) is 12.1 Å². The first-order valence-electron chi connectivity index (χ1n) is 7.13. The van der Waals surface area contributed by atoms with Crippen LogP contribution in [0.25, 0.3) is 0 Å². The van der Waals surface area contributed by atoms with Crippen LogP contribution in [0, 0.1) is 0 Å². The molecular formula is C15H22N4. The molecule has 1 aromatic rings. The van der Waals surface area contributed by atoms with Crippen molar-refractivity contribution >= 4 is 11.6 Å². The highest BCUT2D eigenvalue weighted by Gasteiger charge is 2.43. The summed E-state index contributed by atoms with van der Waals surface area (Å²) in [6.45, 7) is 6.17. The summed E-state index contributed by atoms with van der Waals surface area (Å²) in [4.78, 5) is 9.23. The van der Waals surface area contributed by atoms with Crippen LogP contribution < -0.4 is 10.6 Å². The van der Waals surface area contributed by atoms with Gasteiger partial charge in [-0.15, -0.1) is 0 Å². The number of nitrogens with zero attached hydrogens (tertiary/aromatic N) is 3. The van der Waals surface area contributed by atoms with Crippen LogP contribution in [0.15, 0.2) is 35.3 Å². The normalized spacial score (nSPS) is 21.8. The zero-order valence-corrected chi connectivity index (χ0v) is 11.5. The fraction of sp³-hybridized carbons (Fsp3) is 0.533. The number of hydrogen-bond donors (Lipinski definition) is 1. The summed E-state index contributed by atoms with van der Waals surface area (Å²) in [6.07, 6.45) is 2.28. The molecule has 2 aliphatic rings. The number of likely N-dealkylation sites (N-methyl/N-ethyl adjacent to an activating group) is 1. The molecule has 2 heterocycles. The summed E-state index contributed by atoms with van der Waals surface area (Å²) in [7, 11) is 0. The predicted molar refractivity (Wildman–Crippen MR) is 79.5 cm³/mol. The monoisotopic (exact) mass is 258 g/mol. The van der Waals surface area contributed by atoms with Gasteiger partial charge in [-0.05, 0) is 31.9 Å². The van der Waals surface area contributed by atoms with Crippen LogP contribution in [-0.4, -0.2) is 42.6 Å². The second-order valence-electron chi connectivity index (χ2n) is 5.47. The van der Waals surface area contributed by atoms with E-state index in [1.165, 1.54) is 5.69 Å². The lowest BCUT2D eigenvalue weighted by Gasteiger charge is -2.45. The number of benzene rings is 1. The second kappa shape index (κ2) is 4.76. The second-order valence-corrected chi connectivity index (χ2v) is 5.47. The molecule has 1 spiro atoms. The number of rotatable bonds is 2. The quantitative estimate of drug-likeness (QED) is 0.877. The lowest BCUT2D eigenvalue weighted by Crippen LogP contribution is -2.57. The van der Waals surface area contributed by atoms with Gasteiger partial charge in [0, 0.05) is 25.3 Å². The van der Waals surface area contributed by atoms with Crippen molar-refractivity contribution in [3.63, 3.8) is 0 Å². The maximum Gasteiger partial charge on any atom is 0.191 e. The average Bonchev–Trinajstić information content (AvgIpc) is 2.77. The van der Waals surface area contributed by atoms with Crippen molar-refractivity contribution in [3.05, 3.63) is 30.3 Å². The fourth-order valence-electron chi connectivity index (χ4n) is 3.39. The molecule has 102 valence electrons. The number of para-hydroxylation sites is 1. The van der Waals surface area contributed by atoms with E-state index in [4.69, 9.17) is 5.73 Å². The lowest BCUT2D eigenvalue weighted by molar-refractivity contribution is 0.166. The van der Waals surface area contributed by atoms with Crippen LogP contribution in [0.5, 0.6) is 0 Å². The highest BCUT2D eigenvalue weighted by atomic mass is 15.4. The Morgan fingerprint density at radius 1 is 1.21 bits per heavy atom. The van der Waals surface area contributed by atoms with Crippen LogP contribution >= 0.6 is 0 Å². The zero-order chi connectivity index (χ0) is 13.3. The number of guanidine groups is 1. The summed E-state index contributed by atoms with van der Waals surface area (Å²) in [5.74, 6) is 0.732. The van der Waals surface area contributed by atoms with Gasteiger partial charge in [-0.25, -0.2) is 0 Å². The van der Waals surface area contributed by atoms with Crippen molar-refractivity contribution in [2.24, 2.45) is 10.7 Å². The molecule has 0 aliphatic carbocycles. The van der Waals surface area contributed by atoms with E-state index in [-0.39, 0.29) is 5.54 Å². The Morgan fingerprint density at radius 3 is 2.53 bits per heavy atom. The van der Waals surface area contributed by atoms with E-state index in [2.05, 4.69) is 52.0 Å². The number of hydrogen-bond acceptors (Lipinski definition) is 4. The molecule has 4 heteroatoms. The van der Waals surface area contributed by atoms with E-state index in [1.54, 1.807) is 0 Å². The van der Waals surface area contributed by atoms with E-state index in [9.17, 15) is 0 Å². The average molecular weight is 258 g/mol. The molecule has 1 aromatic carbocycles. The molecule has 3 rings (SSSR count). The van der Waals surface area contributed by atoms with E-state index < -0.39 is 0 Å². The van der Waals surface area contributed by atoms with Crippen molar-refractivity contribution in [1.29, 1.82) is 0 Å². The molecule has 0 aromatic heterocycles. The van der Waals surface area contributed by atoms with E-state index >= 15 is 0 Å². The summed E-state index contributed by atoms with van der Waals surface area (Å²) in [5, 5.41) is 0. The van der Waals surface area contributed by atoms with E-state index in [0.29, 0.717) is 0 Å². The Labute approximate surface area is 114 Å². The Bertz CT molecular complexity index is 460. The first-order valence-corrected chi connectivity index (χ1v) is 7.13. The largest absolute Gasteiger partial charge is 0.371 e. The molecule has 4 nitrogen and oxygen atoms in total. The third-order valence-corrected chi connectivity index (χ3v) is 4.52. The van der Waals surface area contributed by atoms with E-state index in [0.717, 1.165) is 45.0 Å². The molecule has 0 amide bonds. The Balaban J connectivity index is 1.70. The van der Waals surface area contributed by atoms with Gasteiger partial charge in [0.2, 0.25) is 0 Å². The number of piperidine rings is 1. The van der Waals surface area contributed by atoms with Crippen LogP contribution in [0.4, 0.5) is 5.69 Å². The molecule has 1 saturated heterocycles. The van der Waals surface area contributed by atoms with E-state index in [1.807, 2.05) is 0 Å². The van der Waals surface area contributed by atoms with Crippen molar-refractivity contribution < 1.29 is 0 Å². The van der Waals surface area contributed by atoms with Gasteiger partial charge in [0.25, 0.3) is 0 Å². The molecule has 2 aliphatic heterocycles. The maximum atomic E-state index is 6.00. The maximum absolute atomic E-state index is 6.00. The topological polar surface area (TPSA) is 44.9 Å². The molecule has 1 fully saturated rings. The third-order valence-electron chi connectivity index (χ3n) is 4.52. The highest BCUT2D eigenvalue weighted by molar-refractivity contribution is 5.81. The number of aliphatic imine (C=N–C) groups is 1. The molecule has 0 saturated carbocycles. The minimum absolute atomic E-state index is 0.185. The van der Waals surface area contributed by atoms with Gasteiger partial charge in [-0.1, -0.05) is 18.2 Å². The van der Waals surface area contributed by atoms with Crippen LogP contribution in [0.3, 0.4) is 0 Å². The van der Waals surface area contributed by atoms with Gasteiger partial charge in [0.15, 0.2) is 5.96 Å². The van der Waals surface area contributed by atoms with Crippen LogP contribution in [0.1, 0.15) is 19.8 Å². The first-order chi connectivity index (χ1) is 9.25. The zero-order valence-electron chi connectivity index (χ0n) is 11.5. The predicted octanol–water partition coefficient (Wildman–Crippen LogP) is 1.68. The van der Waals surface area contributed by atoms with Gasteiger partial charge >= 0.3 is 0 Å². The molecule has 2 N–H and O–H groups in total. The molecule has 0 unspecified atom stereocenters. The number of nitrogens with two attached hydrogens (primary N) is 1. The van der Waals surface area contributed by atoms with Crippen LogP contribution in [-0.2, 0) is 0 Å². The summed E-state index contributed by atoms with van der Waals surface area (Å²) >= 11 is 0. The first kappa shape index (κ1) is 12.3. The standard InChI is InChI=1S/C15H22N4/c1-2-19-14(16)17-12-15(19)8-10-18(11-9-15)13-6-4-3-5-7-13/h3-7H,2,8-12H2,1H3,(H2,16,17). The fourth-order valence-corrected chi connectivity index (χ4v) is 3.39. The van der Waals surface area contributed by atoms with Gasteiger partial charge in [-0.2, -0.15) is 0 Å². The third kappa shape index (κ3) is 2.05. The Morgan fingerprint density at radius 2 is 1.89 bits per heavy atom. The summed E-state index contributed by atoms with van der Waals surface area (Å²) in [6, 6.07) is 10.7. The van der Waals surface area contributed by atoms with Gasteiger partial charge < -0.3 is 15.5 Å². The highest BCUT2D eigenvalue weighted by Crippen LogP contribution is 2.34. The van der Waals surface area contributed by atoms with Gasteiger partial charge in [-0.3, -0.25) is 4.99 Å². The lowest BCUT2D eigenvalue weighted by atomic mass is 9.86. The molecular weight excluding hydrogens is 236 g/mol. The van der Waals surface area contributed by atoms with Crippen molar-refractivity contribution in [2.45, 2.75) is 25.3 Å². The van der Waals surface area contributed by atoms with Crippen molar-refractivity contribution in [3.8, 4) is 0 Å². The summed E-state index contributed by atoms with van der Waals surface area (Å²) < 4.78 is 0.